The second-order valence-corrected chi connectivity index (χ2v) is 7.75. The third-order valence-electron chi connectivity index (χ3n) is 4.80. The highest BCUT2D eigenvalue weighted by atomic mass is 32.2. The Morgan fingerprint density at radius 3 is 2.57 bits per heavy atom. The number of para-hydroxylation sites is 4. The molecular weight excluding hydrogens is 394 g/mol. The van der Waals surface area contributed by atoms with Gasteiger partial charge in [-0.2, -0.15) is 0 Å². The van der Waals surface area contributed by atoms with E-state index in [1.807, 2.05) is 48.5 Å². The molecule has 5 nitrogen and oxygen atoms in total. The number of rotatable bonds is 8. The van der Waals surface area contributed by atoms with Crippen LogP contribution in [-0.2, 0) is 17.8 Å². The molecule has 1 heterocycles. The van der Waals surface area contributed by atoms with Gasteiger partial charge in [-0.1, -0.05) is 66.4 Å². The zero-order valence-corrected chi connectivity index (χ0v) is 17.6. The Morgan fingerprint density at radius 1 is 1.00 bits per heavy atom. The predicted molar refractivity (Wildman–Crippen MR) is 122 cm³/mol. The highest BCUT2D eigenvalue weighted by Gasteiger charge is 2.14. The number of aromatic nitrogens is 2. The van der Waals surface area contributed by atoms with E-state index in [1.54, 1.807) is 7.11 Å². The van der Waals surface area contributed by atoms with Gasteiger partial charge < -0.3 is 14.6 Å². The number of ether oxygens (including phenoxy) is 1. The predicted octanol–water partition coefficient (Wildman–Crippen LogP) is 5.02. The van der Waals surface area contributed by atoms with Crippen molar-refractivity contribution < 1.29 is 9.53 Å². The number of methoxy groups -OCH3 is 1. The second kappa shape index (κ2) is 9.50. The molecule has 0 atom stereocenters. The van der Waals surface area contributed by atoms with Gasteiger partial charge in [0.05, 0.1) is 29.6 Å². The van der Waals surface area contributed by atoms with Crippen molar-refractivity contribution in [2.75, 3.05) is 18.2 Å². The molecular formula is C24H23N3O2S. The van der Waals surface area contributed by atoms with Crippen LogP contribution in [0.5, 0.6) is 5.75 Å². The van der Waals surface area contributed by atoms with Gasteiger partial charge in [-0.3, -0.25) is 4.79 Å². The lowest BCUT2D eigenvalue weighted by molar-refractivity contribution is -0.113. The van der Waals surface area contributed by atoms with Crippen molar-refractivity contribution >= 4 is 34.4 Å². The molecule has 0 saturated heterocycles. The van der Waals surface area contributed by atoms with Gasteiger partial charge >= 0.3 is 0 Å². The van der Waals surface area contributed by atoms with Crippen LogP contribution in [0.2, 0.25) is 0 Å². The van der Waals surface area contributed by atoms with Crippen molar-refractivity contribution in [2.45, 2.75) is 18.1 Å². The third-order valence-corrected chi connectivity index (χ3v) is 5.78. The largest absolute Gasteiger partial charge is 0.495 e. The SMILES string of the molecule is COc1ccccc1NC(=O)CSc1nc2ccccc2n1CCc1ccccc1. The van der Waals surface area contributed by atoms with Crippen molar-refractivity contribution in [1.29, 1.82) is 0 Å². The quantitative estimate of drug-likeness (QED) is 0.409. The molecule has 1 aromatic heterocycles. The summed E-state index contributed by atoms with van der Waals surface area (Å²) in [6.45, 7) is 0.807. The maximum atomic E-state index is 12.5. The highest BCUT2D eigenvalue weighted by molar-refractivity contribution is 7.99. The van der Waals surface area contributed by atoms with Crippen molar-refractivity contribution in [3.8, 4) is 5.75 Å². The molecule has 152 valence electrons. The van der Waals surface area contributed by atoms with E-state index in [4.69, 9.17) is 9.72 Å². The van der Waals surface area contributed by atoms with Gasteiger partial charge in [0.15, 0.2) is 5.16 Å². The maximum Gasteiger partial charge on any atom is 0.234 e. The molecule has 0 aliphatic rings. The van der Waals surface area contributed by atoms with Gasteiger partial charge in [0, 0.05) is 6.54 Å². The molecule has 0 unspecified atom stereocenters. The number of nitrogens with zero attached hydrogens (tertiary/aromatic N) is 2. The van der Waals surface area contributed by atoms with E-state index >= 15 is 0 Å². The van der Waals surface area contributed by atoms with E-state index in [1.165, 1.54) is 17.3 Å². The summed E-state index contributed by atoms with van der Waals surface area (Å²) in [6, 6.07) is 25.9. The van der Waals surface area contributed by atoms with Crippen molar-refractivity contribution in [3.63, 3.8) is 0 Å². The van der Waals surface area contributed by atoms with Crippen molar-refractivity contribution in [3.05, 3.63) is 84.4 Å². The van der Waals surface area contributed by atoms with Crippen LogP contribution in [-0.4, -0.2) is 28.3 Å². The van der Waals surface area contributed by atoms with Gasteiger partial charge in [0.25, 0.3) is 0 Å². The first-order valence-electron chi connectivity index (χ1n) is 9.79. The molecule has 0 spiro atoms. The van der Waals surface area contributed by atoms with Gasteiger partial charge in [0.2, 0.25) is 5.91 Å². The van der Waals surface area contributed by atoms with E-state index in [-0.39, 0.29) is 11.7 Å². The number of carbonyl (C=O) groups excluding carboxylic acids is 1. The summed E-state index contributed by atoms with van der Waals surface area (Å²) >= 11 is 1.45. The van der Waals surface area contributed by atoms with Crippen LogP contribution < -0.4 is 10.1 Å². The van der Waals surface area contributed by atoms with Gasteiger partial charge in [-0.15, -0.1) is 0 Å². The molecule has 6 heteroatoms. The van der Waals surface area contributed by atoms with Crippen LogP contribution in [0.25, 0.3) is 11.0 Å². The van der Waals surface area contributed by atoms with Crippen LogP contribution in [0, 0.1) is 0 Å². The van der Waals surface area contributed by atoms with Crippen LogP contribution in [0.4, 0.5) is 5.69 Å². The Hall–Kier alpha value is -3.25. The molecule has 0 bridgehead atoms. The maximum absolute atomic E-state index is 12.5. The Bertz CT molecular complexity index is 1140. The lowest BCUT2D eigenvalue weighted by atomic mass is 10.1. The molecule has 0 aliphatic heterocycles. The Balaban J connectivity index is 1.48. The summed E-state index contributed by atoms with van der Waals surface area (Å²) in [7, 11) is 1.59. The van der Waals surface area contributed by atoms with Crippen molar-refractivity contribution in [2.24, 2.45) is 0 Å². The number of thioether (sulfide) groups is 1. The number of benzene rings is 3. The molecule has 0 saturated carbocycles. The zero-order valence-electron chi connectivity index (χ0n) is 16.7. The average Bonchev–Trinajstić information content (AvgIpc) is 3.15. The molecule has 4 aromatic rings. The monoisotopic (exact) mass is 417 g/mol. The molecule has 0 fully saturated rings. The smallest absolute Gasteiger partial charge is 0.234 e. The minimum Gasteiger partial charge on any atom is -0.495 e. The fraction of sp³-hybridized carbons (Fsp3) is 0.167. The number of aryl methyl sites for hydroxylation is 2. The minimum absolute atomic E-state index is 0.0915. The minimum atomic E-state index is -0.0915. The number of hydrogen-bond acceptors (Lipinski definition) is 4. The van der Waals surface area contributed by atoms with Crippen LogP contribution >= 0.6 is 11.8 Å². The molecule has 1 amide bonds. The molecule has 30 heavy (non-hydrogen) atoms. The Kier molecular flexibility index (Phi) is 6.35. The first-order chi connectivity index (χ1) is 14.7. The summed E-state index contributed by atoms with van der Waals surface area (Å²) < 4.78 is 7.50. The van der Waals surface area contributed by atoms with Gasteiger partial charge in [-0.05, 0) is 36.2 Å². The average molecular weight is 418 g/mol. The summed E-state index contributed by atoms with van der Waals surface area (Å²) in [5.74, 6) is 0.823. The highest BCUT2D eigenvalue weighted by Crippen LogP contribution is 2.26. The van der Waals surface area contributed by atoms with Crippen molar-refractivity contribution in [1.82, 2.24) is 9.55 Å². The number of carbonyl (C=O) groups is 1. The second-order valence-electron chi connectivity index (χ2n) is 6.81. The molecule has 0 aliphatic carbocycles. The lowest BCUT2D eigenvalue weighted by Crippen LogP contribution is -2.15. The fourth-order valence-electron chi connectivity index (χ4n) is 3.33. The number of nitrogens with one attached hydrogen (secondary N) is 1. The third kappa shape index (κ3) is 4.66. The molecule has 4 rings (SSSR count). The van der Waals surface area contributed by atoms with Crippen LogP contribution in [0.15, 0.2) is 84.0 Å². The van der Waals surface area contributed by atoms with Crippen LogP contribution in [0.1, 0.15) is 5.56 Å². The summed E-state index contributed by atoms with van der Waals surface area (Å²) in [5.41, 5.74) is 3.97. The van der Waals surface area contributed by atoms with Crippen LogP contribution in [0.3, 0.4) is 0 Å². The van der Waals surface area contributed by atoms with E-state index < -0.39 is 0 Å². The van der Waals surface area contributed by atoms with E-state index in [9.17, 15) is 4.79 Å². The summed E-state index contributed by atoms with van der Waals surface area (Å²) in [5, 5.41) is 3.77. The summed E-state index contributed by atoms with van der Waals surface area (Å²) in [6.07, 6.45) is 0.905. The molecule has 1 N–H and O–H groups in total. The Morgan fingerprint density at radius 2 is 1.73 bits per heavy atom. The number of fused-ring (bicyclic) bond motifs is 1. The molecule has 3 aromatic carbocycles. The summed E-state index contributed by atoms with van der Waals surface area (Å²) in [4.78, 5) is 17.3. The standard InChI is InChI=1S/C24H23N3O2S/c1-29-22-14-8-6-12-20(22)25-23(28)17-30-24-26-19-11-5-7-13-21(19)27(24)16-15-18-9-3-2-4-10-18/h2-14H,15-17H2,1H3,(H,25,28). The zero-order chi connectivity index (χ0) is 20.8. The fourth-order valence-corrected chi connectivity index (χ4v) is 4.17. The van der Waals surface area contributed by atoms with Gasteiger partial charge in [0.1, 0.15) is 5.75 Å². The number of imidazole rings is 1. The normalized spacial score (nSPS) is 10.8. The number of anilines is 1. The number of hydrogen-bond donors (Lipinski definition) is 1. The molecule has 0 radical (unpaired) electrons. The Labute approximate surface area is 180 Å². The first kappa shape index (κ1) is 20.0. The first-order valence-corrected chi connectivity index (χ1v) is 10.8. The van der Waals surface area contributed by atoms with E-state index in [2.05, 4.69) is 40.2 Å². The topological polar surface area (TPSA) is 56.1 Å². The lowest BCUT2D eigenvalue weighted by Gasteiger charge is -2.11. The van der Waals surface area contributed by atoms with Gasteiger partial charge in [-0.25, -0.2) is 4.98 Å². The van der Waals surface area contributed by atoms with E-state index in [0.717, 1.165) is 29.2 Å². The number of amides is 1. The van der Waals surface area contributed by atoms with E-state index in [0.29, 0.717) is 11.4 Å².